The molecule has 0 aliphatic rings. The van der Waals surface area contributed by atoms with Crippen LogP contribution in [0.1, 0.15) is 103 Å². The summed E-state index contributed by atoms with van der Waals surface area (Å²) >= 11 is 0. The molecule has 0 spiro atoms. The number of esters is 1. The van der Waals surface area contributed by atoms with Crippen molar-refractivity contribution in [1.82, 2.24) is 0 Å². The maximum Gasteiger partial charge on any atom is 0.330 e. The first kappa shape index (κ1) is 33.8. The summed E-state index contributed by atoms with van der Waals surface area (Å²) in [7, 11) is -2.01. The summed E-state index contributed by atoms with van der Waals surface area (Å²) < 4.78 is 21.6. The smallest absolute Gasteiger partial charge is 0.330 e. The van der Waals surface area contributed by atoms with Crippen LogP contribution >= 0.6 is 8.60 Å². The molecule has 0 heterocycles. The molecule has 2 unspecified atom stereocenters. The molecule has 1 rings (SSSR count). The summed E-state index contributed by atoms with van der Waals surface area (Å²) in [5.41, 5.74) is 1.31. The van der Waals surface area contributed by atoms with Gasteiger partial charge in [0.2, 0.25) is 0 Å². The SMILES string of the molecule is CCCCCCCCCCCCCCc1ccc(OCC(COP(O)OCC[NH2+]CC)OC(C)=O)cc1. The van der Waals surface area contributed by atoms with Gasteiger partial charge in [-0.05, 0) is 37.5 Å². The third-order valence-corrected chi connectivity index (χ3v) is 6.97. The van der Waals surface area contributed by atoms with E-state index in [0.717, 1.165) is 19.5 Å². The summed E-state index contributed by atoms with van der Waals surface area (Å²) in [4.78, 5) is 21.3. The highest BCUT2D eigenvalue weighted by molar-refractivity contribution is 7.40. The standard InChI is InChI=1S/C29H52NO6P/c1-4-6-7-8-9-10-11-12-13-14-15-16-17-27-18-20-28(21-19-27)33-24-29(36-26(3)31)25-35-37(32)34-23-22-30-5-2/h18-21,29-30,32H,4-17,22-25H2,1-3H3/p+1. The molecule has 0 saturated carbocycles. The summed E-state index contributed by atoms with van der Waals surface area (Å²) in [6.07, 6.45) is 16.8. The lowest BCUT2D eigenvalue weighted by atomic mass is 10.0. The van der Waals surface area contributed by atoms with Crippen LogP contribution in [0.25, 0.3) is 0 Å². The highest BCUT2D eigenvalue weighted by atomic mass is 31.2. The molecule has 0 aliphatic heterocycles. The largest absolute Gasteiger partial charge is 0.490 e. The predicted octanol–water partition coefficient (Wildman–Crippen LogP) is 6.08. The van der Waals surface area contributed by atoms with Crippen molar-refractivity contribution in [3.63, 3.8) is 0 Å². The molecular formula is C29H53NO6P+. The van der Waals surface area contributed by atoms with Crippen molar-refractivity contribution in [3.8, 4) is 5.75 Å². The molecule has 0 bridgehead atoms. The molecule has 0 aromatic heterocycles. The summed E-state index contributed by atoms with van der Waals surface area (Å²) in [6, 6.07) is 8.10. The lowest BCUT2D eigenvalue weighted by Crippen LogP contribution is -2.84. The monoisotopic (exact) mass is 542 g/mol. The number of hydrogen-bond donors (Lipinski definition) is 2. The Hall–Kier alpha value is -1.24. The van der Waals surface area contributed by atoms with Crippen molar-refractivity contribution in [2.45, 2.75) is 110 Å². The molecular weight excluding hydrogens is 489 g/mol. The van der Waals surface area contributed by atoms with E-state index >= 15 is 0 Å². The first-order valence-electron chi connectivity index (χ1n) is 14.5. The zero-order chi connectivity index (χ0) is 27.0. The molecule has 8 heteroatoms. The molecule has 1 aromatic rings. The molecule has 0 radical (unpaired) electrons. The molecule has 0 fully saturated rings. The Morgan fingerprint density at radius 2 is 1.46 bits per heavy atom. The van der Waals surface area contributed by atoms with Crippen LogP contribution < -0.4 is 10.1 Å². The maximum atomic E-state index is 11.4. The van der Waals surface area contributed by atoms with E-state index in [2.05, 4.69) is 31.3 Å². The number of hydrogen-bond acceptors (Lipinski definition) is 6. The van der Waals surface area contributed by atoms with E-state index in [1.807, 2.05) is 12.1 Å². The Balaban J connectivity index is 2.18. The van der Waals surface area contributed by atoms with Gasteiger partial charge in [-0.25, -0.2) is 0 Å². The number of rotatable bonds is 25. The van der Waals surface area contributed by atoms with Gasteiger partial charge in [0.25, 0.3) is 0 Å². The number of likely N-dealkylation sites (N-methyl/N-ethyl adjacent to an activating group) is 1. The van der Waals surface area contributed by atoms with Gasteiger partial charge in [-0.2, -0.15) is 0 Å². The van der Waals surface area contributed by atoms with E-state index in [0.29, 0.717) is 12.4 Å². The summed E-state index contributed by atoms with van der Waals surface area (Å²) in [6.45, 7) is 7.93. The highest BCUT2D eigenvalue weighted by Gasteiger charge is 2.17. The minimum absolute atomic E-state index is 0.0102. The number of aryl methyl sites for hydroxylation is 1. The number of nitrogens with two attached hydrogens (primary N) is 1. The molecule has 37 heavy (non-hydrogen) atoms. The Bertz CT molecular complexity index is 660. The molecule has 0 amide bonds. The second-order valence-corrected chi connectivity index (χ2v) is 10.7. The van der Waals surface area contributed by atoms with E-state index in [9.17, 15) is 9.69 Å². The zero-order valence-corrected chi connectivity index (χ0v) is 24.5. The van der Waals surface area contributed by atoms with E-state index < -0.39 is 20.7 Å². The van der Waals surface area contributed by atoms with Gasteiger partial charge in [0, 0.05) is 6.92 Å². The fourth-order valence-electron chi connectivity index (χ4n) is 4.06. The minimum atomic E-state index is -2.01. The van der Waals surface area contributed by atoms with Gasteiger partial charge in [-0.15, -0.1) is 0 Å². The quantitative estimate of drug-likeness (QED) is 0.0885. The van der Waals surface area contributed by atoms with Gasteiger partial charge in [-0.1, -0.05) is 89.7 Å². The average Bonchev–Trinajstić information content (AvgIpc) is 2.89. The van der Waals surface area contributed by atoms with Crippen LogP contribution in [0.3, 0.4) is 0 Å². The first-order valence-corrected chi connectivity index (χ1v) is 15.6. The summed E-state index contributed by atoms with van der Waals surface area (Å²) in [5, 5.41) is 2.07. The fourth-order valence-corrected chi connectivity index (χ4v) is 4.69. The van der Waals surface area contributed by atoms with E-state index in [1.54, 1.807) is 0 Å². The molecule has 2 atom stereocenters. The van der Waals surface area contributed by atoms with Gasteiger partial charge >= 0.3 is 14.6 Å². The van der Waals surface area contributed by atoms with Crippen molar-refractivity contribution in [1.29, 1.82) is 0 Å². The number of carbonyl (C=O) groups excluding carboxylic acids is 1. The number of carbonyl (C=O) groups is 1. The van der Waals surface area contributed by atoms with Crippen LogP contribution in [0, 0.1) is 0 Å². The van der Waals surface area contributed by atoms with Crippen LogP contribution in [0.5, 0.6) is 5.75 Å². The number of quaternary nitrogens is 1. The third kappa shape index (κ3) is 20.4. The van der Waals surface area contributed by atoms with Crippen LogP contribution in [-0.2, 0) is 25.0 Å². The molecule has 0 saturated heterocycles. The lowest BCUT2D eigenvalue weighted by molar-refractivity contribution is -0.652. The van der Waals surface area contributed by atoms with Gasteiger partial charge < -0.3 is 28.7 Å². The van der Waals surface area contributed by atoms with Crippen LogP contribution in [-0.4, -0.2) is 49.9 Å². The molecule has 1 aromatic carbocycles. The Labute approximate surface area is 227 Å². The second kappa shape index (κ2) is 23.8. The predicted molar refractivity (Wildman–Crippen MR) is 151 cm³/mol. The van der Waals surface area contributed by atoms with Gasteiger partial charge in [-0.3, -0.25) is 4.79 Å². The van der Waals surface area contributed by atoms with E-state index in [1.165, 1.54) is 89.5 Å². The topological polar surface area (TPSA) is 90.8 Å². The van der Waals surface area contributed by atoms with E-state index in [4.69, 9.17) is 18.5 Å². The van der Waals surface area contributed by atoms with Crippen molar-refractivity contribution in [2.24, 2.45) is 0 Å². The average molecular weight is 543 g/mol. The van der Waals surface area contributed by atoms with Crippen LogP contribution in [0.2, 0.25) is 0 Å². The molecule has 7 nitrogen and oxygen atoms in total. The van der Waals surface area contributed by atoms with Crippen molar-refractivity contribution >= 4 is 14.6 Å². The van der Waals surface area contributed by atoms with Gasteiger partial charge in [0.15, 0.2) is 6.10 Å². The Morgan fingerprint density at radius 1 is 0.865 bits per heavy atom. The maximum absolute atomic E-state index is 11.4. The van der Waals surface area contributed by atoms with Crippen LogP contribution in [0.4, 0.5) is 0 Å². The van der Waals surface area contributed by atoms with Crippen molar-refractivity contribution in [2.75, 3.05) is 32.9 Å². The molecule has 3 N–H and O–H groups in total. The number of unbranched alkanes of at least 4 members (excludes halogenated alkanes) is 11. The molecule has 0 aliphatic carbocycles. The van der Waals surface area contributed by atoms with Crippen molar-refractivity contribution in [3.05, 3.63) is 29.8 Å². The number of ether oxygens (including phenoxy) is 2. The number of benzene rings is 1. The minimum Gasteiger partial charge on any atom is -0.490 e. The zero-order valence-electron chi connectivity index (χ0n) is 23.6. The highest BCUT2D eigenvalue weighted by Crippen LogP contribution is 2.32. The normalized spacial score (nSPS) is 12.9. The lowest BCUT2D eigenvalue weighted by Gasteiger charge is -2.19. The van der Waals surface area contributed by atoms with Crippen LogP contribution in [0.15, 0.2) is 24.3 Å². The summed E-state index contributed by atoms with van der Waals surface area (Å²) in [5.74, 6) is 0.295. The van der Waals surface area contributed by atoms with Gasteiger partial charge in [0.1, 0.15) is 19.0 Å². The van der Waals surface area contributed by atoms with Crippen molar-refractivity contribution < 1.29 is 33.5 Å². The first-order chi connectivity index (χ1) is 18.0. The van der Waals surface area contributed by atoms with Gasteiger partial charge in [0.05, 0.1) is 19.7 Å². The Morgan fingerprint density at radius 3 is 2.03 bits per heavy atom. The second-order valence-electron chi connectivity index (χ2n) is 9.68. The fraction of sp³-hybridized carbons (Fsp3) is 0.759. The Kier molecular flexibility index (Phi) is 21.8. The third-order valence-electron chi connectivity index (χ3n) is 6.19. The van der Waals surface area contributed by atoms with E-state index in [-0.39, 0.29) is 13.2 Å². The molecule has 214 valence electrons.